The van der Waals surface area contributed by atoms with Gasteiger partial charge in [-0.05, 0) is 36.8 Å². The van der Waals surface area contributed by atoms with Crippen molar-refractivity contribution in [3.05, 3.63) is 57.4 Å². The van der Waals surface area contributed by atoms with Gasteiger partial charge in [0.2, 0.25) is 0 Å². The van der Waals surface area contributed by atoms with Gasteiger partial charge >= 0.3 is 12.1 Å². The Morgan fingerprint density at radius 1 is 0.782 bits per heavy atom. The van der Waals surface area contributed by atoms with Gasteiger partial charge in [0, 0.05) is 23.6 Å². The lowest BCUT2D eigenvalue weighted by atomic mass is 9.86. The molecule has 2 aliphatic heterocycles. The van der Waals surface area contributed by atoms with Gasteiger partial charge in [0.05, 0.1) is 128 Å². The predicted octanol–water partition coefficient (Wildman–Crippen LogP) is 2.36. The molecule has 302 valence electrons. The molecule has 0 aliphatic carbocycles. The fraction of sp³-hybridized carbons (Fsp3) is 0.579. The molecule has 0 saturated heterocycles. The molecule has 5 rings (SSSR count). The average Bonchev–Trinajstić information content (AvgIpc) is 3.54. The number of nitrogens with zero attached hydrogens (tertiary/aromatic N) is 2. The SMILES string of the molecule is CC[C@@]1(O)C(=O)OCc2c1cc1n(c2=O)Cc2cc3cc(OC(=O)OCCOCCOCCOCCOCCOCCOCCOCCOC)ccc3nc2-1. The van der Waals surface area contributed by atoms with Crippen LogP contribution in [0.4, 0.5) is 4.79 Å². The normalized spacial score (nSPS) is 15.8. The zero-order chi connectivity index (χ0) is 38.9. The van der Waals surface area contributed by atoms with Gasteiger partial charge in [-0.3, -0.25) is 4.79 Å². The first-order valence-corrected chi connectivity index (χ1v) is 18.3. The van der Waals surface area contributed by atoms with E-state index in [-0.39, 0.29) is 55.2 Å². The molecule has 1 N–H and O–H groups in total. The quantitative estimate of drug-likeness (QED) is 0.0555. The lowest BCUT2D eigenvalue weighted by Crippen LogP contribution is -2.44. The van der Waals surface area contributed by atoms with E-state index >= 15 is 0 Å². The average molecular weight is 775 g/mol. The molecule has 0 fully saturated rings. The van der Waals surface area contributed by atoms with Crippen molar-refractivity contribution in [3.63, 3.8) is 0 Å². The minimum atomic E-state index is -1.90. The smallest absolute Gasteiger partial charge is 0.458 e. The predicted molar refractivity (Wildman–Crippen MR) is 194 cm³/mol. The largest absolute Gasteiger partial charge is 0.513 e. The molecule has 2 aliphatic rings. The second-order valence-corrected chi connectivity index (χ2v) is 12.4. The van der Waals surface area contributed by atoms with Crippen molar-refractivity contribution in [1.82, 2.24) is 9.55 Å². The standard InChI is InChI=1S/C38H50N2O15/c1-3-38(44)31-24-33-34-28(25-40(33)35(41)30(31)26-54-36(38)42)22-27-23-29(4-5-32(27)39-34)55-37(43)53-21-20-52-19-18-51-17-16-50-15-14-49-13-12-48-11-10-47-9-8-46-7-6-45-2/h4-5,22-24,44H,3,6-21,25-26H2,1-2H3/t38-/m0/s1. The molecule has 0 amide bonds. The van der Waals surface area contributed by atoms with Crippen LogP contribution in [0.5, 0.6) is 5.75 Å². The number of benzene rings is 1. The number of carbonyl (C=O) groups is 2. The number of hydrogen-bond acceptors (Lipinski definition) is 16. The van der Waals surface area contributed by atoms with Crippen LogP contribution in [0.25, 0.3) is 22.3 Å². The number of methoxy groups -OCH3 is 1. The Labute approximate surface area is 318 Å². The van der Waals surface area contributed by atoms with Gasteiger partial charge in [-0.25, -0.2) is 14.6 Å². The fourth-order valence-electron chi connectivity index (χ4n) is 5.90. The monoisotopic (exact) mass is 774 g/mol. The third-order valence-corrected chi connectivity index (χ3v) is 8.79. The summed E-state index contributed by atoms with van der Waals surface area (Å²) >= 11 is 0. The zero-order valence-corrected chi connectivity index (χ0v) is 31.4. The highest BCUT2D eigenvalue weighted by Gasteiger charge is 2.45. The minimum Gasteiger partial charge on any atom is -0.458 e. The number of hydrogen-bond donors (Lipinski definition) is 1. The Morgan fingerprint density at radius 3 is 1.87 bits per heavy atom. The first-order valence-electron chi connectivity index (χ1n) is 18.3. The second-order valence-electron chi connectivity index (χ2n) is 12.4. The molecule has 55 heavy (non-hydrogen) atoms. The molecule has 17 nitrogen and oxygen atoms in total. The second kappa shape index (κ2) is 21.9. The van der Waals surface area contributed by atoms with Crippen molar-refractivity contribution in [2.24, 2.45) is 0 Å². The number of pyridine rings is 2. The molecule has 0 spiro atoms. The number of aliphatic hydroxyl groups is 1. The van der Waals surface area contributed by atoms with Crippen molar-refractivity contribution in [1.29, 1.82) is 0 Å². The minimum absolute atomic E-state index is 0.00465. The molecule has 0 saturated carbocycles. The summed E-state index contributed by atoms with van der Waals surface area (Å²) in [7, 11) is 1.63. The van der Waals surface area contributed by atoms with Crippen LogP contribution in [0.15, 0.2) is 35.1 Å². The van der Waals surface area contributed by atoms with E-state index in [2.05, 4.69) is 0 Å². The summed E-state index contributed by atoms with van der Waals surface area (Å²) in [4.78, 5) is 42.8. The van der Waals surface area contributed by atoms with Crippen molar-refractivity contribution in [2.45, 2.75) is 32.1 Å². The summed E-state index contributed by atoms with van der Waals surface area (Å²) in [5.41, 5.74) is 0.737. The summed E-state index contributed by atoms with van der Waals surface area (Å²) in [5, 5.41) is 11.7. The van der Waals surface area contributed by atoms with Crippen LogP contribution in [0, 0.1) is 0 Å². The number of rotatable bonds is 26. The molecular formula is C38H50N2O15. The molecule has 4 heterocycles. The van der Waals surface area contributed by atoms with Crippen LogP contribution in [0.1, 0.15) is 30.0 Å². The Bertz CT molecular complexity index is 1770. The Balaban J connectivity index is 0.892. The molecular weight excluding hydrogens is 724 g/mol. The number of fused-ring (bicyclic) bond motifs is 5. The van der Waals surface area contributed by atoms with Gasteiger partial charge in [0.15, 0.2) is 5.60 Å². The highest BCUT2D eigenvalue weighted by Crippen LogP contribution is 2.39. The van der Waals surface area contributed by atoms with Gasteiger partial charge in [-0.15, -0.1) is 0 Å². The first kappa shape index (κ1) is 42.1. The number of ether oxygens (including phenoxy) is 11. The first-order chi connectivity index (χ1) is 26.9. The van der Waals surface area contributed by atoms with E-state index in [0.29, 0.717) is 115 Å². The third kappa shape index (κ3) is 11.7. The van der Waals surface area contributed by atoms with Crippen LogP contribution >= 0.6 is 0 Å². The van der Waals surface area contributed by atoms with Crippen molar-refractivity contribution in [3.8, 4) is 17.1 Å². The Morgan fingerprint density at radius 2 is 1.33 bits per heavy atom. The highest BCUT2D eigenvalue weighted by atomic mass is 16.7. The lowest BCUT2D eigenvalue weighted by molar-refractivity contribution is -0.172. The van der Waals surface area contributed by atoms with E-state index in [1.807, 2.05) is 6.07 Å². The van der Waals surface area contributed by atoms with Gasteiger partial charge in [-0.2, -0.15) is 0 Å². The molecule has 1 aromatic carbocycles. The highest BCUT2D eigenvalue weighted by molar-refractivity contribution is 5.87. The van der Waals surface area contributed by atoms with Gasteiger partial charge in [-0.1, -0.05) is 6.92 Å². The molecule has 2 aromatic heterocycles. The topological polar surface area (TPSA) is 191 Å². The molecule has 3 aromatic rings. The Kier molecular flexibility index (Phi) is 16.8. The number of esters is 1. The van der Waals surface area contributed by atoms with Crippen LogP contribution in [-0.2, 0) is 70.9 Å². The summed E-state index contributed by atoms with van der Waals surface area (Å²) in [6, 6.07) is 8.48. The van der Waals surface area contributed by atoms with E-state index in [9.17, 15) is 19.5 Å². The molecule has 0 radical (unpaired) electrons. The zero-order valence-electron chi connectivity index (χ0n) is 31.4. The van der Waals surface area contributed by atoms with Crippen molar-refractivity contribution < 1.29 is 66.8 Å². The van der Waals surface area contributed by atoms with Gasteiger partial charge in [0.1, 0.15) is 19.0 Å². The van der Waals surface area contributed by atoms with Crippen LogP contribution < -0.4 is 10.3 Å². The molecule has 17 heteroatoms. The van der Waals surface area contributed by atoms with Gasteiger partial charge in [0.25, 0.3) is 5.56 Å². The van der Waals surface area contributed by atoms with Gasteiger partial charge < -0.3 is 61.8 Å². The lowest BCUT2D eigenvalue weighted by Gasteiger charge is -2.31. The summed E-state index contributed by atoms with van der Waals surface area (Å²) in [6.45, 7) is 8.43. The maximum Gasteiger partial charge on any atom is 0.513 e. The maximum absolute atomic E-state index is 13.4. The summed E-state index contributed by atoms with van der Waals surface area (Å²) < 4.78 is 60.0. The molecule has 0 unspecified atom stereocenters. The number of aromatic nitrogens is 2. The van der Waals surface area contributed by atoms with Crippen LogP contribution in [-0.4, -0.2) is 140 Å². The van der Waals surface area contributed by atoms with E-state index in [1.54, 1.807) is 42.9 Å². The van der Waals surface area contributed by atoms with E-state index < -0.39 is 17.7 Å². The van der Waals surface area contributed by atoms with E-state index in [4.69, 9.17) is 57.1 Å². The molecule has 0 bridgehead atoms. The summed E-state index contributed by atoms with van der Waals surface area (Å²) in [6.07, 6.45) is -0.820. The number of cyclic esters (lactones) is 1. The fourth-order valence-corrected chi connectivity index (χ4v) is 5.90. The van der Waals surface area contributed by atoms with E-state index in [0.717, 1.165) is 5.56 Å². The number of carbonyl (C=O) groups excluding carboxylic acids is 2. The van der Waals surface area contributed by atoms with Crippen molar-refractivity contribution in [2.75, 3.05) is 113 Å². The van der Waals surface area contributed by atoms with Crippen LogP contribution in [0.3, 0.4) is 0 Å². The maximum atomic E-state index is 13.4. The third-order valence-electron chi connectivity index (χ3n) is 8.79. The van der Waals surface area contributed by atoms with Crippen molar-refractivity contribution >= 4 is 23.0 Å². The summed E-state index contributed by atoms with van der Waals surface area (Å²) in [5.74, 6) is -0.512. The Hall–Kier alpha value is -4.04. The van der Waals surface area contributed by atoms with E-state index in [1.165, 1.54) is 0 Å². The molecule has 1 atom stereocenters. The van der Waals surface area contributed by atoms with Crippen LogP contribution in [0.2, 0.25) is 0 Å².